The first-order valence-corrected chi connectivity index (χ1v) is 5.80. The second-order valence-corrected chi connectivity index (χ2v) is 4.83. The zero-order chi connectivity index (χ0) is 11.4. The molecule has 1 rings (SSSR count). The quantitative estimate of drug-likeness (QED) is 0.822. The lowest BCUT2D eigenvalue weighted by molar-refractivity contribution is -0.137. The Morgan fingerprint density at radius 3 is 2.40 bits per heavy atom. The van der Waals surface area contributed by atoms with Gasteiger partial charge in [0, 0.05) is 20.7 Å². The molecule has 0 aliphatic carbocycles. The molecule has 1 atom stereocenters. The summed E-state index contributed by atoms with van der Waals surface area (Å²) in [5.74, 6) is -0.734. The minimum absolute atomic E-state index is 0.284. The van der Waals surface area contributed by atoms with E-state index in [4.69, 9.17) is 34.0 Å². The summed E-state index contributed by atoms with van der Waals surface area (Å²) in [6.07, 6.45) is 0. The molecule has 0 aromatic heterocycles. The lowest BCUT2D eigenvalue weighted by Gasteiger charge is -2.06. The summed E-state index contributed by atoms with van der Waals surface area (Å²) in [6.45, 7) is 0. The van der Waals surface area contributed by atoms with Crippen LogP contribution in [0.25, 0.3) is 0 Å². The van der Waals surface area contributed by atoms with Crippen molar-refractivity contribution >= 4 is 40.9 Å². The average Bonchev–Trinajstić information content (AvgIpc) is 2.12. The Bertz CT molecular complexity index is 353. The van der Waals surface area contributed by atoms with E-state index in [9.17, 15) is 4.79 Å². The van der Waals surface area contributed by atoms with E-state index in [1.165, 1.54) is 11.8 Å². The lowest BCUT2D eigenvalue weighted by atomic mass is 10.4. The van der Waals surface area contributed by atoms with Crippen LogP contribution < -0.4 is 5.73 Å². The van der Waals surface area contributed by atoms with Crippen LogP contribution in [0.2, 0.25) is 10.0 Å². The second kappa shape index (κ2) is 5.61. The number of rotatable bonds is 4. The van der Waals surface area contributed by atoms with Gasteiger partial charge in [-0.2, -0.15) is 0 Å². The van der Waals surface area contributed by atoms with Crippen LogP contribution in [-0.4, -0.2) is 22.9 Å². The van der Waals surface area contributed by atoms with Gasteiger partial charge in [-0.3, -0.25) is 4.79 Å². The number of nitrogens with two attached hydrogens (primary N) is 1. The Hall–Kier alpha value is -0.420. The molecule has 0 amide bonds. The van der Waals surface area contributed by atoms with Crippen molar-refractivity contribution in [2.24, 2.45) is 5.73 Å². The van der Waals surface area contributed by atoms with E-state index in [1.807, 2.05) is 0 Å². The normalized spacial score (nSPS) is 12.5. The highest BCUT2D eigenvalue weighted by Crippen LogP contribution is 2.26. The summed E-state index contributed by atoms with van der Waals surface area (Å²) < 4.78 is 0. The number of carboxylic acids is 1. The molecule has 6 heteroatoms. The third-order valence-electron chi connectivity index (χ3n) is 1.58. The number of carboxylic acid groups (broad SMARTS) is 1. The van der Waals surface area contributed by atoms with Gasteiger partial charge >= 0.3 is 5.97 Å². The van der Waals surface area contributed by atoms with Gasteiger partial charge in [0.05, 0.1) is 0 Å². The summed E-state index contributed by atoms with van der Waals surface area (Å²) >= 11 is 12.9. The molecule has 0 saturated carbocycles. The molecule has 0 unspecified atom stereocenters. The smallest absolute Gasteiger partial charge is 0.321 e. The third-order valence-corrected chi connectivity index (χ3v) is 3.11. The van der Waals surface area contributed by atoms with Crippen LogP contribution in [0, 0.1) is 0 Å². The molecule has 1 aromatic rings. The predicted molar refractivity (Wildman–Crippen MR) is 62.8 cm³/mol. The molecule has 0 aliphatic rings. The van der Waals surface area contributed by atoms with Gasteiger partial charge in [-0.1, -0.05) is 23.2 Å². The Morgan fingerprint density at radius 2 is 1.93 bits per heavy atom. The molecular weight excluding hydrogens is 257 g/mol. The van der Waals surface area contributed by atoms with Crippen molar-refractivity contribution in [3.63, 3.8) is 0 Å². The number of hydrogen-bond acceptors (Lipinski definition) is 3. The fourth-order valence-electron chi connectivity index (χ4n) is 0.869. The highest BCUT2D eigenvalue weighted by atomic mass is 35.5. The minimum Gasteiger partial charge on any atom is -0.480 e. The van der Waals surface area contributed by atoms with Crippen LogP contribution >= 0.6 is 35.0 Å². The fraction of sp³-hybridized carbons (Fsp3) is 0.222. The molecule has 0 heterocycles. The van der Waals surface area contributed by atoms with Crippen LogP contribution in [0.3, 0.4) is 0 Å². The number of benzene rings is 1. The molecule has 0 aliphatic heterocycles. The van der Waals surface area contributed by atoms with E-state index in [-0.39, 0.29) is 5.75 Å². The third kappa shape index (κ3) is 4.30. The van der Waals surface area contributed by atoms with Gasteiger partial charge in [0.2, 0.25) is 0 Å². The second-order valence-electron chi connectivity index (χ2n) is 2.86. The zero-order valence-electron chi connectivity index (χ0n) is 7.61. The highest BCUT2D eigenvalue weighted by molar-refractivity contribution is 7.99. The van der Waals surface area contributed by atoms with Gasteiger partial charge < -0.3 is 10.8 Å². The van der Waals surface area contributed by atoms with E-state index < -0.39 is 12.0 Å². The molecule has 0 fully saturated rings. The summed E-state index contributed by atoms with van der Waals surface area (Å²) in [7, 11) is 0. The van der Waals surface area contributed by atoms with E-state index >= 15 is 0 Å². The maximum atomic E-state index is 10.5. The molecular formula is C9H9Cl2NO2S. The number of carbonyl (C=O) groups is 1. The van der Waals surface area contributed by atoms with Crippen LogP contribution in [0.5, 0.6) is 0 Å². The minimum atomic E-state index is -1.02. The number of hydrogen-bond donors (Lipinski definition) is 2. The van der Waals surface area contributed by atoms with Gasteiger partial charge in [-0.25, -0.2) is 0 Å². The van der Waals surface area contributed by atoms with Gasteiger partial charge in [0.25, 0.3) is 0 Å². The Labute approximate surface area is 102 Å². The predicted octanol–water partition coefficient (Wildman–Crippen LogP) is 2.50. The topological polar surface area (TPSA) is 63.3 Å². The van der Waals surface area contributed by atoms with Crippen molar-refractivity contribution in [2.45, 2.75) is 10.9 Å². The molecule has 0 radical (unpaired) electrons. The van der Waals surface area contributed by atoms with Crippen LogP contribution in [0.15, 0.2) is 23.1 Å². The molecule has 0 spiro atoms. The molecule has 1 aromatic carbocycles. The monoisotopic (exact) mass is 265 g/mol. The van der Waals surface area contributed by atoms with Crippen LogP contribution in [-0.2, 0) is 4.79 Å². The van der Waals surface area contributed by atoms with Gasteiger partial charge in [-0.15, -0.1) is 11.8 Å². The summed E-state index contributed by atoms with van der Waals surface area (Å²) in [5, 5.41) is 9.62. The molecule has 3 N–H and O–H groups in total. The standard InChI is InChI=1S/C9H9Cl2NO2S/c10-5-1-6(11)3-7(2-5)15-4-8(12)9(13)14/h1-3,8H,4,12H2,(H,13,14)/t8-/m0/s1. The van der Waals surface area contributed by atoms with Crippen LogP contribution in [0.1, 0.15) is 0 Å². The maximum absolute atomic E-state index is 10.5. The lowest BCUT2D eigenvalue weighted by Crippen LogP contribution is -2.32. The summed E-state index contributed by atoms with van der Waals surface area (Å²) in [6, 6.07) is 4.16. The van der Waals surface area contributed by atoms with Crippen molar-refractivity contribution in [1.82, 2.24) is 0 Å². The number of thioether (sulfide) groups is 1. The van der Waals surface area contributed by atoms with E-state index in [2.05, 4.69) is 0 Å². The zero-order valence-corrected chi connectivity index (χ0v) is 9.94. The van der Waals surface area contributed by atoms with Crippen molar-refractivity contribution in [2.75, 3.05) is 5.75 Å². The van der Waals surface area contributed by atoms with Crippen molar-refractivity contribution < 1.29 is 9.90 Å². The maximum Gasteiger partial charge on any atom is 0.321 e. The van der Waals surface area contributed by atoms with Gasteiger partial charge in [0.15, 0.2) is 0 Å². The van der Waals surface area contributed by atoms with E-state index in [0.717, 1.165) is 4.90 Å². The molecule has 82 valence electrons. The Kier molecular flexibility index (Phi) is 4.73. The average molecular weight is 266 g/mol. The van der Waals surface area contributed by atoms with E-state index in [0.29, 0.717) is 10.0 Å². The first kappa shape index (κ1) is 12.6. The van der Waals surface area contributed by atoms with Crippen molar-refractivity contribution in [1.29, 1.82) is 0 Å². The van der Waals surface area contributed by atoms with Crippen molar-refractivity contribution in [3.8, 4) is 0 Å². The number of aliphatic carboxylic acids is 1. The fourth-order valence-corrected chi connectivity index (χ4v) is 2.46. The molecule has 3 nitrogen and oxygen atoms in total. The van der Waals surface area contributed by atoms with Crippen LogP contribution in [0.4, 0.5) is 0 Å². The summed E-state index contributed by atoms with van der Waals surface area (Å²) in [4.78, 5) is 11.3. The van der Waals surface area contributed by atoms with Crippen molar-refractivity contribution in [3.05, 3.63) is 28.2 Å². The molecule has 15 heavy (non-hydrogen) atoms. The van der Waals surface area contributed by atoms with Gasteiger partial charge in [0.1, 0.15) is 6.04 Å². The highest BCUT2D eigenvalue weighted by Gasteiger charge is 2.11. The Balaban J connectivity index is 2.61. The number of halogens is 2. The first-order chi connectivity index (χ1) is 6.99. The van der Waals surface area contributed by atoms with Gasteiger partial charge in [-0.05, 0) is 18.2 Å². The molecule has 0 saturated heterocycles. The largest absolute Gasteiger partial charge is 0.480 e. The summed E-state index contributed by atoms with van der Waals surface area (Å²) in [5.41, 5.74) is 5.35. The first-order valence-electron chi connectivity index (χ1n) is 4.06. The Morgan fingerprint density at radius 1 is 1.40 bits per heavy atom. The SMILES string of the molecule is N[C@@H](CSc1cc(Cl)cc(Cl)c1)C(=O)O. The van der Waals surface area contributed by atoms with E-state index in [1.54, 1.807) is 18.2 Å². The molecule has 0 bridgehead atoms.